The van der Waals surface area contributed by atoms with E-state index in [0.29, 0.717) is 11.4 Å². The Labute approximate surface area is 104 Å². The Morgan fingerprint density at radius 2 is 2.25 bits per heavy atom. The molecule has 3 nitrogen and oxygen atoms in total. The predicted molar refractivity (Wildman–Crippen MR) is 69.4 cm³/mol. The normalized spacial score (nSPS) is 12.0. The first-order chi connectivity index (χ1) is 7.58. The number of benzene rings is 1. The topological polar surface area (TPSA) is 38.3 Å². The number of anilines is 1. The van der Waals surface area contributed by atoms with Crippen molar-refractivity contribution in [3.8, 4) is 5.75 Å². The number of alkyl halides is 1. The summed E-state index contributed by atoms with van der Waals surface area (Å²) in [5, 5.41) is 2.84. The van der Waals surface area contributed by atoms with Gasteiger partial charge in [0.2, 0.25) is 5.91 Å². The van der Waals surface area contributed by atoms with Crippen molar-refractivity contribution >= 4 is 27.5 Å². The molecule has 1 N–H and O–H groups in total. The largest absolute Gasteiger partial charge is 0.495 e. The van der Waals surface area contributed by atoms with Crippen LogP contribution in [0.25, 0.3) is 0 Å². The quantitative estimate of drug-likeness (QED) is 0.864. The Morgan fingerprint density at radius 3 is 2.81 bits per heavy atom. The van der Waals surface area contributed by atoms with Crippen molar-refractivity contribution in [2.75, 3.05) is 12.4 Å². The van der Waals surface area contributed by atoms with Gasteiger partial charge in [0.1, 0.15) is 5.75 Å². The summed E-state index contributed by atoms with van der Waals surface area (Å²) in [7, 11) is 1.59. The Hall–Kier alpha value is -1.03. The van der Waals surface area contributed by atoms with Crippen LogP contribution in [0, 0.1) is 6.92 Å². The van der Waals surface area contributed by atoms with Crippen LogP contribution in [0.3, 0.4) is 0 Å². The second kappa shape index (κ2) is 5.89. The lowest BCUT2D eigenvalue weighted by molar-refractivity contribution is -0.115. The van der Waals surface area contributed by atoms with E-state index in [9.17, 15) is 4.79 Å². The molecule has 0 saturated heterocycles. The molecule has 1 atom stereocenters. The minimum absolute atomic E-state index is 0.0496. The summed E-state index contributed by atoms with van der Waals surface area (Å²) in [6, 6.07) is 5.69. The van der Waals surface area contributed by atoms with Crippen LogP contribution in [-0.2, 0) is 4.79 Å². The molecule has 0 bridgehead atoms. The van der Waals surface area contributed by atoms with Crippen molar-refractivity contribution in [1.82, 2.24) is 0 Å². The molecule has 1 rings (SSSR count). The molecular weight excluding hydrogens is 270 g/mol. The van der Waals surface area contributed by atoms with Gasteiger partial charge in [0.15, 0.2) is 0 Å². The summed E-state index contributed by atoms with van der Waals surface area (Å²) >= 11 is 3.31. The highest BCUT2D eigenvalue weighted by Gasteiger charge is 2.14. The van der Waals surface area contributed by atoms with E-state index in [4.69, 9.17) is 4.74 Å². The molecule has 16 heavy (non-hydrogen) atoms. The van der Waals surface area contributed by atoms with Crippen LogP contribution in [0.15, 0.2) is 18.2 Å². The highest BCUT2D eigenvalue weighted by molar-refractivity contribution is 9.10. The van der Waals surface area contributed by atoms with E-state index in [1.807, 2.05) is 32.0 Å². The van der Waals surface area contributed by atoms with Crippen LogP contribution in [0.1, 0.15) is 18.9 Å². The molecule has 0 heterocycles. The van der Waals surface area contributed by atoms with Gasteiger partial charge in [-0.25, -0.2) is 0 Å². The second-order valence-corrected chi connectivity index (χ2v) is 4.67. The third kappa shape index (κ3) is 3.23. The number of nitrogens with one attached hydrogen (secondary N) is 1. The zero-order chi connectivity index (χ0) is 12.1. The van der Waals surface area contributed by atoms with Crippen molar-refractivity contribution in [2.24, 2.45) is 0 Å². The third-order valence-corrected chi connectivity index (χ3v) is 3.32. The van der Waals surface area contributed by atoms with Crippen molar-refractivity contribution < 1.29 is 9.53 Å². The molecule has 0 aliphatic rings. The van der Waals surface area contributed by atoms with Crippen LogP contribution in [-0.4, -0.2) is 17.8 Å². The molecule has 0 fully saturated rings. The standard InChI is InChI=1S/C12H16BrNO2/c1-4-9(13)12(15)14-10-7-8(2)5-6-11(10)16-3/h5-7,9H,4H2,1-3H3,(H,14,15). The number of hydrogen-bond donors (Lipinski definition) is 1. The molecule has 1 aromatic carbocycles. The maximum atomic E-state index is 11.7. The summed E-state index contributed by atoms with van der Waals surface area (Å²) in [6.07, 6.45) is 0.750. The number of carbonyl (C=O) groups excluding carboxylic acids is 1. The molecular formula is C12H16BrNO2. The van der Waals surface area contributed by atoms with Crippen LogP contribution < -0.4 is 10.1 Å². The lowest BCUT2D eigenvalue weighted by Crippen LogP contribution is -2.22. The molecule has 1 aromatic rings. The van der Waals surface area contributed by atoms with Crippen molar-refractivity contribution in [3.63, 3.8) is 0 Å². The van der Waals surface area contributed by atoms with E-state index in [-0.39, 0.29) is 10.7 Å². The van der Waals surface area contributed by atoms with Gasteiger partial charge in [-0.2, -0.15) is 0 Å². The number of halogens is 1. The van der Waals surface area contributed by atoms with E-state index < -0.39 is 0 Å². The second-order valence-electron chi connectivity index (χ2n) is 3.57. The summed E-state index contributed by atoms with van der Waals surface area (Å²) in [5.74, 6) is 0.626. The summed E-state index contributed by atoms with van der Waals surface area (Å²) in [6.45, 7) is 3.92. The van der Waals surface area contributed by atoms with Crippen molar-refractivity contribution in [2.45, 2.75) is 25.1 Å². The lowest BCUT2D eigenvalue weighted by Gasteiger charge is -2.12. The average molecular weight is 286 g/mol. The monoisotopic (exact) mass is 285 g/mol. The fourth-order valence-corrected chi connectivity index (χ4v) is 1.43. The molecule has 0 radical (unpaired) electrons. The van der Waals surface area contributed by atoms with Crippen LogP contribution >= 0.6 is 15.9 Å². The maximum absolute atomic E-state index is 11.7. The Kier molecular flexibility index (Phi) is 4.80. The van der Waals surface area contributed by atoms with Gasteiger partial charge in [0, 0.05) is 0 Å². The van der Waals surface area contributed by atoms with E-state index in [1.54, 1.807) is 7.11 Å². The summed E-state index contributed by atoms with van der Waals surface area (Å²) in [4.78, 5) is 11.5. The van der Waals surface area contributed by atoms with Crippen molar-refractivity contribution in [1.29, 1.82) is 0 Å². The number of amides is 1. The molecule has 1 unspecified atom stereocenters. The molecule has 4 heteroatoms. The SMILES string of the molecule is CCC(Br)C(=O)Nc1cc(C)ccc1OC. The van der Waals surface area contributed by atoms with Crippen LogP contribution in [0.4, 0.5) is 5.69 Å². The zero-order valence-electron chi connectivity index (χ0n) is 9.71. The Balaban J connectivity index is 2.87. The van der Waals surface area contributed by atoms with Gasteiger partial charge in [-0.15, -0.1) is 0 Å². The minimum atomic E-state index is -0.169. The number of hydrogen-bond acceptors (Lipinski definition) is 2. The number of ether oxygens (including phenoxy) is 1. The fourth-order valence-electron chi connectivity index (χ4n) is 1.32. The molecule has 0 aromatic heterocycles. The van der Waals surface area contributed by atoms with E-state index in [2.05, 4.69) is 21.2 Å². The number of carbonyl (C=O) groups is 1. The summed E-state index contributed by atoms with van der Waals surface area (Å²) < 4.78 is 5.18. The number of methoxy groups -OCH3 is 1. The fraction of sp³-hybridized carbons (Fsp3) is 0.417. The van der Waals surface area contributed by atoms with E-state index in [1.165, 1.54) is 0 Å². The molecule has 88 valence electrons. The van der Waals surface area contributed by atoms with Gasteiger partial charge in [-0.1, -0.05) is 28.9 Å². The lowest BCUT2D eigenvalue weighted by atomic mass is 10.2. The van der Waals surface area contributed by atoms with Gasteiger partial charge >= 0.3 is 0 Å². The van der Waals surface area contributed by atoms with Gasteiger partial charge in [0.25, 0.3) is 0 Å². The Morgan fingerprint density at radius 1 is 1.56 bits per heavy atom. The van der Waals surface area contributed by atoms with Gasteiger partial charge in [0.05, 0.1) is 17.6 Å². The van der Waals surface area contributed by atoms with E-state index in [0.717, 1.165) is 12.0 Å². The Bertz CT molecular complexity index is 379. The molecule has 0 spiro atoms. The van der Waals surface area contributed by atoms with Gasteiger partial charge in [-0.3, -0.25) is 4.79 Å². The first kappa shape index (κ1) is 13.0. The predicted octanol–water partition coefficient (Wildman–Crippen LogP) is 3.12. The molecule has 0 aliphatic heterocycles. The van der Waals surface area contributed by atoms with Crippen LogP contribution in [0.5, 0.6) is 5.75 Å². The average Bonchev–Trinajstić information content (AvgIpc) is 2.28. The van der Waals surface area contributed by atoms with Crippen molar-refractivity contribution in [3.05, 3.63) is 23.8 Å². The van der Waals surface area contributed by atoms with Gasteiger partial charge in [-0.05, 0) is 31.0 Å². The zero-order valence-corrected chi connectivity index (χ0v) is 11.3. The molecule has 0 aliphatic carbocycles. The molecule has 0 saturated carbocycles. The minimum Gasteiger partial charge on any atom is -0.495 e. The number of rotatable bonds is 4. The van der Waals surface area contributed by atoms with Gasteiger partial charge < -0.3 is 10.1 Å². The first-order valence-corrected chi connectivity index (χ1v) is 6.09. The third-order valence-electron chi connectivity index (χ3n) is 2.26. The molecule has 1 amide bonds. The highest BCUT2D eigenvalue weighted by atomic mass is 79.9. The first-order valence-electron chi connectivity index (χ1n) is 5.18. The summed E-state index contributed by atoms with van der Waals surface area (Å²) in [5.41, 5.74) is 1.80. The van der Waals surface area contributed by atoms with Crippen LogP contribution in [0.2, 0.25) is 0 Å². The maximum Gasteiger partial charge on any atom is 0.238 e. The highest BCUT2D eigenvalue weighted by Crippen LogP contribution is 2.25. The smallest absolute Gasteiger partial charge is 0.238 e. The van der Waals surface area contributed by atoms with E-state index >= 15 is 0 Å². The number of aryl methyl sites for hydroxylation is 1.